The van der Waals surface area contributed by atoms with Crippen LogP contribution >= 0.6 is 11.6 Å². The molecule has 0 unspecified atom stereocenters. The fraction of sp³-hybridized carbons (Fsp3) is 0.286. The minimum atomic E-state index is -0.450. The first kappa shape index (κ1) is 20.7. The van der Waals surface area contributed by atoms with Crippen molar-refractivity contribution < 1.29 is 14.6 Å². The Hall–Kier alpha value is -3.06. The van der Waals surface area contributed by atoms with E-state index in [2.05, 4.69) is 10.3 Å². The fourth-order valence-electron chi connectivity index (χ4n) is 3.49. The SMILES string of the molecule is CN/C(=C1/CCN(C(=O)c2cccc(OC)c2Cl)[C@@H](C)C1=N)c1cccc(O)n1. The molecule has 152 valence electrons. The van der Waals surface area contributed by atoms with Gasteiger partial charge in [0.25, 0.3) is 5.91 Å². The van der Waals surface area contributed by atoms with Gasteiger partial charge < -0.3 is 25.5 Å². The number of benzene rings is 1. The summed E-state index contributed by atoms with van der Waals surface area (Å²) >= 11 is 6.33. The summed E-state index contributed by atoms with van der Waals surface area (Å²) in [5.74, 6) is 0.104. The van der Waals surface area contributed by atoms with Crippen LogP contribution in [0.15, 0.2) is 42.0 Å². The molecule has 7 nitrogen and oxygen atoms in total. The third-order valence-electron chi connectivity index (χ3n) is 5.03. The molecule has 0 spiro atoms. The average Bonchev–Trinajstić information content (AvgIpc) is 2.71. The van der Waals surface area contributed by atoms with Crippen LogP contribution in [0.5, 0.6) is 11.6 Å². The number of amides is 1. The molecule has 1 fully saturated rings. The first-order valence-electron chi connectivity index (χ1n) is 9.18. The van der Waals surface area contributed by atoms with Crippen LogP contribution in [0.25, 0.3) is 5.70 Å². The number of nitrogens with one attached hydrogen (secondary N) is 2. The van der Waals surface area contributed by atoms with E-state index in [1.807, 2.05) is 6.92 Å². The molecule has 3 rings (SSSR count). The molecule has 0 aliphatic carbocycles. The van der Waals surface area contributed by atoms with Crippen LogP contribution in [0.3, 0.4) is 0 Å². The number of methoxy groups -OCH3 is 1. The monoisotopic (exact) mass is 414 g/mol. The minimum Gasteiger partial charge on any atom is -0.495 e. The molecule has 3 N–H and O–H groups in total. The number of likely N-dealkylation sites (tertiary alicyclic amines) is 1. The van der Waals surface area contributed by atoms with Gasteiger partial charge in [-0.1, -0.05) is 23.7 Å². The van der Waals surface area contributed by atoms with E-state index in [9.17, 15) is 9.90 Å². The lowest BCUT2D eigenvalue weighted by atomic mass is 9.91. The summed E-state index contributed by atoms with van der Waals surface area (Å²) in [6.07, 6.45) is 0.476. The van der Waals surface area contributed by atoms with E-state index in [-0.39, 0.29) is 16.8 Å². The van der Waals surface area contributed by atoms with E-state index in [1.54, 1.807) is 42.3 Å². The largest absolute Gasteiger partial charge is 0.495 e. The first-order valence-corrected chi connectivity index (χ1v) is 9.56. The first-order chi connectivity index (χ1) is 13.9. The molecule has 8 heteroatoms. The molecule has 1 saturated heterocycles. The summed E-state index contributed by atoms with van der Waals surface area (Å²) < 4.78 is 5.20. The third-order valence-corrected chi connectivity index (χ3v) is 5.42. The highest BCUT2D eigenvalue weighted by molar-refractivity contribution is 6.35. The zero-order chi connectivity index (χ0) is 21.1. The van der Waals surface area contributed by atoms with Gasteiger partial charge in [-0.15, -0.1) is 0 Å². The molecule has 1 aliphatic heterocycles. The molecule has 2 heterocycles. The molecular formula is C21H23ClN4O3. The van der Waals surface area contributed by atoms with E-state index in [0.717, 1.165) is 5.57 Å². The Kier molecular flexibility index (Phi) is 6.08. The number of aromatic hydroxyl groups is 1. The minimum absolute atomic E-state index is 0.0873. The van der Waals surface area contributed by atoms with Crippen LogP contribution in [0, 0.1) is 5.41 Å². The summed E-state index contributed by atoms with van der Waals surface area (Å²) in [6.45, 7) is 2.24. The number of nitrogens with zero attached hydrogens (tertiary/aromatic N) is 2. The Morgan fingerprint density at radius 2 is 2.07 bits per heavy atom. The highest BCUT2D eigenvalue weighted by Gasteiger charge is 2.33. The summed E-state index contributed by atoms with van der Waals surface area (Å²) in [7, 11) is 3.25. The molecule has 29 heavy (non-hydrogen) atoms. The van der Waals surface area contributed by atoms with Crippen molar-refractivity contribution in [2.45, 2.75) is 19.4 Å². The number of hydrogen-bond acceptors (Lipinski definition) is 6. The molecule has 1 atom stereocenters. The second-order valence-electron chi connectivity index (χ2n) is 6.64. The smallest absolute Gasteiger partial charge is 0.256 e. The molecule has 0 saturated carbocycles. The quantitative estimate of drug-likeness (QED) is 0.712. The Balaban J connectivity index is 1.92. The number of hydrogen-bond donors (Lipinski definition) is 3. The van der Waals surface area contributed by atoms with Crippen molar-refractivity contribution in [2.75, 3.05) is 20.7 Å². The molecular weight excluding hydrogens is 392 g/mol. The van der Waals surface area contributed by atoms with Crippen molar-refractivity contribution in [1.82, 2.24) is 15.2 Å². The van der Waals surface area contributed by atoms with Crippen molar-refractivity contribution in [1.29, 1.82) is 5.41 Å². The second kappa shape index (κ2) is 8.53. The van der Waals surface area contributed by atoms with Gasteiger partial charge in [-0.05, 0) is 31.5 Å². The molecule has 0 bridgehead atoms. The van der Waals surface area contributed by atoms with Gasteiger partial charge in [0.15, 0.2) is 0 Å². The van der Waals surface area contributed by atoms with Crippen molar-refractivity contribution >= 4 is 28.9 Å². The van der Waals surface area contributed by atoms with Gasteiger partial charge in [0.05, 0.1) is 40.8 Å². The Bertz CT molecular complexity index is 990. The summed E-state index contributed by atoms with van der Waals surface area (Å²) in [5, 5.41) is 21.7. The maximum Gasteiger partial charge on any atom is 0.256 e. The number of ether oxygens (including phenoxy) is 1. The van der Waals surface area contributed by atoms with Gasteiger partial charge in [-0.3, -0.25) is 4.79 Å². The van der Waals surface area contributed by atoms with Crippen LogP contribution < -0.4 is 10.1 Å². The zero-order valence-corrected chi connectivity index (χ0v) is 17.2. The highest BCUT2D eigenvalue weighted by atomic mass is 35.5. The number of rotatable bonds is 4. The number of piperidine rings is 1. The lowest BCUT2D eigenvalue weighted by Crippen LogP contribution is -2.48. The Morgan fingerprint density at radius 3 is 2.72 bits per heavy atom. The molecule has 1 aromatic carbocycles. The molecule has 1 aliphatic rings. The van der Waals surface area contributed by atoms with Crippen LogP contribution in [0.4, 0.5) is 0 Å². The topological polar surface area (TPSA) is 98.5 Å². The van der Waals surface area contributed by atoms with E-state index in [1.165, 1.54) is 13.2 Å². The zero-order valence-electron chi connectivity index (χ0n) is 16.5. The van der Waals surface area contributed by atoms with Gasteiger partial charge >= 0.3 is 0 Å². The summed E-state index contributed by atoms with van der Waals surface area (Å²) in [4.78, 5) is 18.9. The van der Waals surface area contributed by atoms with Gasteiger partial charge in [-0.25, -0.2) is 4.98 Å². The summed E-state index contributed by atoms with van der Waals surface area (Å²) in [5.41, 5.74) is 2.65. The van der Waals surface area contributed by atoms with E-state index >= 15 is 0 Å². The fourth-order valence-corrected chi connectivity index (χ4v) is 3.77. The maximum atomic E-state index is 13.1. The van der Waals surface area contributed by atoms with Gasteiger partial charge in [0, 0.05) is 25.2 Å². The lowest BCUT2D eigenvalue weighted by molar-refractivity contribution is 0.0728. The number of carbonyl (C=O) groups excluding carboxylic acids is 1. The molecule has 2 aromatic rings. The normalized spacial score (nSPS) is 18.4. The number of aromatic nitrogens is 1. The van der Waals surface area contributed by atoms with Crippen molar-refractivity contribution in [3.05, 3.63) is 58.3 Å². The molecule has 0 radical (unpaired) electrons. The Labute approximate surface area is 174 Å². The number of halogens is 1. The number of pyridine rings is 1. The molecule has 1 amide bonds. The Morgan fingerprint density at radius 1 is 1.34 bits per heavy atom. The third kappa shape index (κ3) is 3.91. The number of carbonyl (C=O) groups is 1. The van der Waals surface area contributed by atoms with Crippen LogP contribution in [0.1, 0.15) is 29.4 Å². The average molecular weight is 415 g/mol. The standard InChI is InChI=1S/C21H23ClN4O3/c1-12-19(23)14(20(24-2)15-7-5-9-17(27)25-15)10-11-26(12)21(28)13-6-4-8-16(29-3)18(13)22/h4-9,12,23-24H,10-11H2,1-3H3,(H,25,27)/b20-14-,23-19?/t12-/m0/s1. The van der Waals surface area contributed by atoms with Gasteiger partial charge in [0.1, 0.15) is 5.75 Å². The van der Waals surface area contributed by atoms with E-state index < -0.39 is 6.04 Å². The van der Waals surface area contributed by atoms with E-state index in [0.29, 0.717) is 41.4 Å². The van der Waals surface area contributed by atoms with Crippen molar-refractivity contribution in [3.63, 3.8) is 0 Å². The predicted octanol–water partition coefficient (Wildman–Crippen LogP) is 3.33. The second-order valence-corrected chi connectivity index (χ2v) is 7.02. The van der Waals surface area contributed by atoms with Crippen molar-refractivity contribution in [3.8, 4) is 11.6 Å². The van der Waals surface area contributed by atoms with Gasteiger partial charge in [0.2, 0.25) is 5.88 Å². The molecule has 1 aromatic heterocycles. The maximum absolute atomic E-state index is 13.1. The summed E-state index contributed by atoms with van der Waals surface area (Å²) in [6, 6.07) is 9.59. The van der Waals surface area contributed by atoms with Gasteiger partial charge in [-0.2, -0.15) is 0 Å². The van der Waals surface area contributed by atoms with Crippen LogP contribution in [-0.4, -0.2) is 53.4 Å². The van der Waals surface area contributed by atoms with Crippen molar-refractivity contribution in [2.24, 2.45) is 0 Å². The lowest BCUT2D eigenvalue weighted by Gasteiger charge is -2.36. The predicted molar refractivity (Wildman–Crippen MR) is 113 cm³/mol. The van der Waals surface area contributed by atoms with E-state index in [4.69, 9.17) is 21.7 Å². The van der Waals surface area contributed by atoms with Crippen LogP contribution in [-0.2, 0) is 0 Å². The highest BCUT2D eigenvalue weighted by Crippen LogP contribution is 2.31. The van der Waals surface area contributed by atoms with Crippen LogP contribution in [0.2, 0.25) is 5.02 Å².